The predicted octanol–water partition coefficient (Wildman–Crippen LogP) is 3.96. The van der Waals surface area contributed by atoms with Gasteiger partial charge in [-0.3, -0.25) is 4.79 Å². The van der Waals surface area contributed by atoms with E-state index in [1.54, 1.807) is 0 Å². The maximum Gasteiger partial charge on any atom is 0.351 e. The van der Waals surface area contributed by atoms with Crippen LogP contribution in [0.3, 0.4) is 0 Å². The summed E-state index contributed by atoms with van der Waals surface area (Å²) < 4.78 is 16.4. The zero-order chi connectivity index (χ0) is 19.0. The fraction of sp³-hybridized carbons (Fsp3) is 0.524. The molecule has 0 spiro atoms. The number of ether oxygens (including phenoxy) is 3. The quantitative estimate of drug-likeness (QED) is 0.359. The van der Waals surface area contributed by atoms with Gasteiger partial charge in [0.1, 0.15) is 6.61 Å². The lowest BCUT2D eigenvalue weighted by Gasteiger charge is -2.37. The van der Waals surface area contributed by atoms with E-state index in [-0.39, 0.29) is 25.4 Å². The van der Waals surface area contributed by atoms with E-state index in [0.29, 0.717) is 6.61 Å². The number of carbonyl (C=O) groups is 2. The number of hydrogen-bond acceptors (Lipinski definition) is 5. The first-order chi connectivity index (χ1) is 12.4. The van der Waals surface area contributed by atoms with Gasteiger partial charge in [-0.25, -0.2) is 4.79 Å². The van der Waals surface area contributed by atoms with Gasteiger partial charge in [0, 0.05) is 13.0 Å². The van der Waals surface area contributed by atoms with Crippen LogP contribution in [-0.4, -0.2) is 29.7 Å². The zero-order valence-electron chi connectivity index (χ0n) is 15.8. The van der Waals surface area contributed by atoms with Crippen molar-refractivity contribution in [1.82, 2.24) is 0 Å². The Kier molecular flexibility index (Phi) is 6.98. The lowest BCUT2D eigenvalue weighted by atomic mass is 9.89. The summed E-state index contributed by atoms with van der Waals surface area (Å²) in [6, 6.07) is 9.42. The molecule has 0 N–H and O–H groups in total. The normalized spacial score (nSPS) is 19.9. The van der Waals surface area contributed by atoms with E-state index in [1.165, 1.54) is 0 Å². The molecule has 0 amide bonds. The van der Waals surface area contributed by atoms with E-state index < -0.39 is 17.2 Å². The van der Waals surface area contributed by atoms with Crippen LogP contribution in [0.5, 0.6) is 0 Å². The molecule has 142 valence electrons. The summed E-state index contributed by atoms with van der Waals surface area (Å²) in [5.74, 6) is -0.885. The highest BCUT2D eigenvalue weighted by atomic mass is 16.6. The lowest BCUT2D eigenvalue weighted by molar-refractivity contribution is -0.208. The van der Waals surface area contributed by atoms with Gasteiger partial charge in [-0.2, -0.15) is 0 Å². The number of esters is 2. The first-order valence-corrected chi connectivity index (χ1v) is 9.11. The Bertz CT molecular complexity index is 625. The van der Waals surface area contributed by atoms with Crippen LogP contribution in [0.1, 0.15) is 52.0 Å². The van der Waals surface area contributed by atoms with Crippen LogP contribution in [0.15, 0.2) is 42.5 Å². The van der Waals surface area contributed by atoms with E-state index in [1.807, 2.05) is 56.3 Å². The third-order valence-electron chi connectivity index (χ3n) is 4.26. The van der Waals surface area contributed by atoms with Gasteiger partial charge >= 0.3 is 11.9 Å². The van der Waals surface area contributed by atoms with Gasteiger partial charge in [-0.1, -0.05) is 55.8 Å². The molecule has 1 atom stereocenters. The number of benzene rings is 1. The van der Waals surface area contributed by atoms with Crippen molar-refractivity contribution in [3.05, 3.63) is 48.0 Å². The third-order valence-corrected chi connectivity index (χ3v) is 4.26. The minimum Gasteiger partial charge on any atom is -0.458 e. The summed E-state index contributed by atoms with van der Waals surface area (Å²) in [5.41, 5.74) is -0.748. The van der Waals surface area contributed by atoms with E-state index in [0.717, 1.165) is 18.4 Å². The van der Waals surface area contributed by atoms with Crippen LogP contribution in [-0.2, 0) is 30.4 Å². The van der Waals surface area contributed by atoms with Gasteiger partial charge in [0.2, 0.25) is 5.60 Å². The maximum absolute atomic E-state index is 12.5. The van der Waals surface area contributed by atoms with Crippen molar-refractivity contribution < 1.29 is 23.8 Å². The second kappa shape index (κ2) is 8.99. The molecular weight excluding hydrogens is 332 g/mol. The van der Waals surface area contributed by atoms with Crippen LogP contribution < -0.4 is 0 Å². The minimum atomic E-state index is -1.21. The average molecular weight is 360 g/mol. The summed E-state index contributed by atoms with van der Waals surface area (Å²) >= 11 is 0. The standard InChI is InChI=1S/C21H28O5/c1-4-5-14-25-20(2,3)12-9-13-21(15-18(22)26-21)19(23)24-16-17-10-7-6-8-11-17/h6-12H,4-5,13-16H2,1-3H3/b12-9+/t21-/m1/s1. The summed E-state index contributed by atoms with van der Waals surface area (Å²) in [4.78, 5) is 23.8. The van der Waals surface area contributed by atoms with Crippen LogP contribution in [0.2, 0.25) is 0 Å². The average Bonchev–Trinajstić information content (AvgIpc) is 2.58. The summed E-state index contributed by atoms with van der Waals surface area (Å²) in [7, 11) is 0. The van der Waals surface area contributed by atoms with Gasteiger partial charge in [-0.05, 0) is 25.8 Å². The van der Waals surface area contributed by atoms with Crippen LogP contribution >= 0.6 is 0 Å². The van der Waals surface area contributed by atoms with Crippen molar-refractivity contribution in [2.24, 2.45) is 0 Å². The molecule has 1 aromatic carbocycles. The first kappa shape index (κ1) is 20.2. The Morgan fingerprint density at radius 1 is 1.31 bits per heavy atom. The van der Waals surface area contributed by atoms with Crippen molar-refractivity contribution in [3.8, 4) is 0 Å². The van der Waals surface area contributed by atoms with Gasteiger partial charge in [0.15, 0.2) is 0 Å². The van der Waals surface area contributed by atoms with Gasteiger partial charge in [-0.15, -0.1) is 0 Å². The van der Waals surface area contributed by atoms with E-state index >= 15 is 0 Å². The smallest absolute Gasteiger partial charge is 0.351 e. The van der Waals surface area contributed by atoms with Crippen molar-refractivity contribution >= 4 is 11.9 Å². The molecule has 5 nitrogen and oxygen atoms in total. The topological polar surface area (TPSA) is 61.8 Å². The van der Waals surface area contributed by atoms with E-state index in [2.05, 4.69) is 6.92 Å². The minimum absolute atomic E-state index is 0.0437. The molecule has 5 heteroatoms. The van der Waals surface area contributed by atoms with E-state index in [4.69, 9.17) is 14.2 Å². The highest BCUT2D eigenvalue weighted by Gasteiger charge is 2.53. The summed E-state index contributed by atoms with van der Waals surface area (Å²) in [5, 5.41) is 0. The van der Waals surface area contributed by atoms with Crippen molar-refractivity contribution in [1.29, 1.82) is 0 Å². The number of cyclic esters (lactones) is 1. The predicted molar refractivity (Wildman–Crippen MR) is 98.4 cm³/mol. The monoisotopic (exact) mass is 360 g/mol. The second-order valence-electron chi connectivity index (χ2n) is 7.12. The Morgan fingerprint density at radius 3 is 2.62 bits per heavy atom. The Hall–Kier alpha value is -2.14. The fourth-order valence-electron chi connectivity index (χ4n) is 2.67. The first-order valence-electron chi connectivity index (χ1n) is 9.11. The second-order valence-corrected chi connectivity index (χ2v) is 7.12. The molecule has 2 rings (SSSR count). The largest absolute Gasteiger partial charge is 0.458 e. The highest BCUT2D eigenvalue weighted by Crippen LogP contribution is 2.34. The van der Waals surface area contributed by atoms with Crippen molar-refractivity contribution in [2.75, 3.05) is 6.61 Å². The SMILES string of the molecule is CCCCOC(C)(C)/C=C/C[C@]1(C(=O)OCc2ccccc2)CC(=O)O1. The molecule has 0 radical (unpaired) electrons. The van der Waals surface area contributed by atoms with Crippen molar-refractivity contribution in [3.63, 3.8) is 0 Å². The summed E-state index contributed by atoms with van der Waals surface area (Å²) in [6.45, 7) is 6.89. The molecule has 1 aliphatic heterocycles. The third kappa shape index (κ3) is 5.70. The van der Waals surface area contributed by atoms with Crippen LogP contribution in [0, 0.1) is 0 Å². The maximum atomic E-state index is 12.5. The fourth-order valence-corrected chi connectivity index (χ4v) is 2.67. The van der Waals surface area contributed by atoms with E-state index in [9.17, 15) is 9.59 Å². The van der Waals surface area contributed by atoms with Gasteiger partial charge in [0.25, 0.3) is 0 Å². The number of carbonyl (C=O) groups excluding carboxylic acids is 2. The molecule has 1 fully saturated rings. The molecule has 26 heavy (non-hydrogen) atoms. The van der Waals surface area contributed by atoms with Crippen molar-refractivity contribution in [2.45, 2.75) is 64.3 Å². The lowest BCUT2D eigenvalue weighted by Crippen LogP contribution is -2.54. The molecule has 0 unspecified atom stereocenters. The molecule has 1 aliphatic rings. The number of rotatable bonds is 10. The molecule has 1 saturated heterocycles. The Labute approximate surface area is 155 Å². The molecule has 1 aromatic rings. The number of hydrogen-bond donors (Lipinski definition) is 0. The Morgan fingerprint density at radius 2 is 2.00 bits per heavy atom. The van der Waals surface area contributed by atoms with Gasteiger partial charge < -0.3 is 14.2 Å². The molecule has 0 aliphatic carbocycles. The zero-order valence-corrected chi connectivity index (χ0v) is 15.8. The molecular formula is C21H28O5. The Balaban J connectivity index is 1.91. The molecule has 0 bridgehead atoms. The summed E-state index contributed by atoms with van der Waals surface area (Å²) in [6.07, 6.45) is 6.15. The van der Waals surface area contributed by atoms with Gasteiger partial charge in [0.05, 0.1) is 12.0 Å². The highest BCUT2D eigenvalue weighted by molar-refractivity contribution is 5.93. The number of unbranched alkanes of at least 4 members (excludes halogenated alkanes) is 1. The molecule has 1 heterocycles. The van der Waals surface area contributed by atoms with Crippen LogP contribution in [0.4, 0.5) is 0 Å². The molecule has 0 saturated carbocycles. The van der Waals surface area contributed by atoms with Crippen LogP contribution in [0.25, 0.3) is 0 Å². The molecule has 0 aromatic heterocycles.